The van der Waals surface area contributed by atoms with E-state index in [1.165, 1.54) is 4.68 Å². The van der Waals surface area contributed by atoms with E-state index in [-0.39, 0.29) is 5.56 Å². The normalized spacial score (nSPS) is 17.6. The molecule has 1 saturated carbocycles. The lowest BCUT2D eigenvalue weighted by atomic mass is 10.2. The maximum absolute atomic E-state index is 12.4. The van der Waals surface area contributed by atoms with Crippen LogP contribution in [0.5, 0.6) is 11.6 Å². The molecule has 4 rings (SSSR count). The van der Waals surface area contributed by atoms with Crippen molar-refractivity contribution in [2.75, 3.05) is 19.0 Å². The molecule has 0 radical (unpaired) electrons. The van der Waals surface area contributed by atoms with E-state index in [0.29, 0.717) is 36.6 Å². The number of nitrogens with zero attached hydrogens (tertiary/aromatic N) is 5. The van der Waals surface area contributed by atoms with Crippen molar-refractivity contribution in [3.05, 3.63) is 57.9 Å². The second-order valence-corrected chi connectivity index (χ2v) is 7.61. The van der Waals surface area contributed by atoms with Gasteiger partial charge in [-0.1, -0.05) is 0 Å². The van der Waals surface area contributed by atoms with Gasteiger partial charge in [0, 0.05) is 37.7 Å². The van der Waals surface area contributed by atoms with Crippen LogP contribution in [0.25, 0.3) is 0 Å². The Hall–Kier alpha value is -3.36. The first-order valence-electron chi connectivity index (χ1n) is 9.88. The van der Waals surface area contributed by atoms with Crippen molar-refractivity contribution >= 4 is 5.69 Å². The molecule has 2 unspecified atom stereocenters. The van der Waals surface area contributed by atoms with Gasteiger partial charge in [-0.05, 0) is 31.0 Å². The molecule has 1 N–H and O–H groups in total. The summed E-state index contributed by atoms with van der Waals surface area (Å²) in [5.41, 5.74) is 3.39. The average Bonchev–Trinajstić information content (AvgIpc) is 3.46. The monoisotopic (exact) mass is 410 g/mol. The zero-order valence-corrected chi connectivity index (χ0v) is 17.6. The molecule has 0 aliphatic heterocycles. The number of aryl methyl sites for hydroxylation is 3. The van der Waals surface area contributed by atoms with Gasteiger partial charge in [-0.25, -0.2) is 4.68 Å². The number of hydrogen-bond donors (Lipinski definition) is 1. The smallest absolute Gasteiger partial charge is 0.290 e. The predicted octanol–water partition coefficient (Wildman–Crippen LogP) is 2.02. The fourth-order valence-electron chi connectivity index (χ4n) is 3.50. The third kappa shape index (κ3) is 4.14. The molecule has 0 bridgehead atoms. The summed E-state index contributed by atoms with van der Waals surface area (Å²) in [4.78, 5) is 16.9. The van der Waals surface area contributed by atoms with Crippen LogP contribution < -0.4 is 20.3 Å². The van der Waals surface area contributed by atoms with Crippen LogP contribution in [0, 0.1) is 12.8 Å². The SMILES string of the molecule is COc1ccc(C2CC2COc2cc(NCc3c(C)cnn3C)c(=O)n(C)n2)nc1. The number of ether oxygens (including phenoxy) is 2. The Kier molecular flexibility index (Phi) is 5.43. The van der Waals surface area contributed by atoms with Crippen LogP contribution in [0.1, 0.15) is 29.3 Å². The molecule has 3 aromatic rings. The number of nitrogens with one attached hydrogen (secondary N) is 1. The highest BCUT2D eigenvalue weighted by molar-refractivity contribution is 5.44. The Balaban J connectivity index is 1.38. The van der Waals surface area contributed by atoms with Crippen molar-refractivity contribution in [1.82, 2.24) is 24.5 Å². The number of aromatic nitrogens is 5. The van der Waals surface area contributed by atoms with Gasteiger partial charge in [-0.2, -0.15) is 5.10 Å². The summed E-state index contributed by atoms with van der Waals surface area (Å²) in [6.45, 7) is 3.02. The first-order chi connectivity index (χ1) is 14.5. The van der Waals surface area contributed by atoms with E-state index in [2.05, 4.69) is 20.5 Å². The summed E-state index contributed by atoms with van der Waals surface area (Å²) < 4.78 is 14.2. The van der Waals surface area contributed by atoms with Crippen molar-refractivity contribution in [2.24, 2.45) is 20.0 Å². The number of hydrogen-bond acceptors (Lipinski definition) is 7. The number of anilines is 1. The molecule has 1 aliphatic carbocycles. The first kappa shape index (κ1) is 19.9. The van der Waals surface area contributed by atoms with Gasteiger partial charge in [-0.15, -0.1) is 5.10 Å². The van der Waals surface area contributed by atoms with Gasteiger partial charge >= 0.3 is 0 Å². The van der Waals surface area contributed by atoms with E-state index in [4.69, 9.17) is 9.47 Å². The third-order valence-electron chi connectivity index (χ3n) is 5.50. The highest BCUT2D eigenvalue weighted by atomic mass is 16.5. The maximum Gasteiger partial charge on any atom is 0.290 e. The van der Waals surface area contributed by atoms with Crippen molar-refractivity contribution in [2.45, 2.75) is 25.8 Å². The van der Waals surface area contributed by atoms with Gasteiger partial charge in [0.15, 0.2) is 0 Å². The molecule has 158 valence electrons. The van der Waals surface area contributed by atoms with E-state index >= 15 is 0 Å². The molecule has 1 fully saturated rings. The molecule has 0 aromatic carbocycles. The van der Waals surface area contributed by atoms with Crippen LogP contribution in [-0.2, 0) is 20.6 Å². The van der Waals surface area contributed by atoms with E-state index in [1.807, 2.05) is 26.1 Å². The minimum absolute atomic E-state index is 0.200. The van der Waals surface area contributed by atoms with Gasteiger partial charge < -0.3 is 14.8 Å². The fourth-order valence-corrected chi connectivity index (χ4v) is 3.50. The van der Waals surface area contributed by atoms with Crippen LogP contribution in [0.2, 0.25) is 0 Å². The molecular formula is C21H26N6O3. The van der Waals surface area contributed by atoms with Crippen LogP contribution >= 0.6 is 0 Å². The minimum Gasteiger partial charge on any atom is -0.495 e. The van der Waals surface area contributed by atoms with Crippen LogP contribution in [0.4, 0.5) is 5.69 Å². The van der Waals surface area contributed by atoms with E-state index in [0.717, 1.165) is 29.1 Å². The quantitative estimate of drug-likeness (QED) is 0.607. The largest absolute Gasteiger partial charge is 0.495 e. The molecule has 0 amide bonds. The van der Waals surface area contributed by atoms with E-state index in [9.17, 15) is 4.79 Å². The molecule has 30 heavy (non-hydrogen) atoms. The molecule has 9 heteroatoms. The van der Waals surface area contributed by atoms with Gasteiger partial charge in [0.1, 0.15) is 11.4 Å². The van der Waals surface area contributed by atoms with Crippen molar-refractivity contribution < 1.29 is 9.47 Å². The molecule has 3 aromatic heterocycles. The fraction of sp³-hybridized carbons (Fsp3) is 0.429. The van der Waals surface area contributed by atoms with Gasteiger partial charge in [-0.3, -0.25) is 14.5 Å². The molecule has 0 saturated heterocycles. The summed E-state index contributed by atoms with van der Waals surface area (Å²) in [6, 6.07) is 5.59. The van der Waals surface area contributed by atoms with Gasteiger partial charge in [0.2, 0.25) is 5.88 Å². The Morgan fingerprint density at radius 1 is 1.23 bits per heavy atom. The molecule has 3 heterocycles. The zero-order valence-electron chi connectivity index (χ0n) is 17.6. The topological polar surface area (TPSA) is 96.1 Å². The minimum atomic E-state index is -0.200. The lowest BCUT2D eigenvalue weighted by Gasteiger charge is -2.11. The second kappa shape index (κ2) is 8.17. The van der Waals surface area contributed by atoms with E-state index in [1.54, 1.807) is 37.3 Å². The lowest BCUT2D eigenvalue weighted by molar-refractivity contribution is 0.278. The van der Waals surface area contributed by atoms with Gasteiger partial charge in [0.25, 0.3) is 5.56 Å². The third-order valence-corrected chi connectivity index (χ3v) is 5.50. The average molecular weight is 410 g/mol. The summed E-state index contributed by atoms with van der Waals surface area (Å²) in [6.07, 6.45) is 4.57. The summed E-state index contributed by atoms with van der Waals surface area (Å²) >= 11 is 0. The maximum atomic E-state index is 12.4. The van der Waals surface area contributed by atoms with Crippen LogP contribution in [-0.4, -0.2) is 38.3 Å². The summed E-state index contributed by atoms with van der Waals surface area (Å²) in [5.74, 6) is 1.95. The van der Waals surface area contributed by atoms with E-state index < -0.39 is 0 Å². The molecule has 2 atom stereocenters. The summed E-state index contributed by atoms with van der Waals surface area (Å²) in [7, 11) is 5.13. The number of pyridine rings is 1. The Morgan fingerprint density at radius 3 is 2.73 bits per heavy atom. The molecular weight excluding hydrogens is 384 g/mol. The first-order valence-corrected chi connectivity index (χ1v) is 9.88. The number of rotatable bonds is 8. The second-order valence-electron chi connectivity index (χ2n) is 7.61. The standard InChI is InChI=1S/C21H26N6O3/c1-13-9-24-26(2)19(13)11-23-18-8-20(25-27(3)21(18)28)30-12-14-7-16(14)17-6-5-15(29-4)10-22-17/h5-6,8-10,14,16,23H,7,11-12H2,1-4H3. The Morgan fingerprint density at radius 2 is 2.07 bits per heavy atom. The predicted molar refractivity (Wildman–Crippen MR) is 112 cm³/mol. The van der Waals surface area contributed by atoms with Crippen LogP contribution in [0.3, 0.4) is 0 Å². The van der Waals surface area contributed by atoms with Gasteiger partial charge in [0.05, 0.1) is 38.3 Å². The lowest BCUT2D eigenvalue weighted by Crippen LogP contribution is -2.24. The highest BCUT2D eigenvalue weighted by Crippen LogP contribution is 2.46. The molecule has 9 nitrogen and oxygen atoms in total. The Labute approximate surface area is 174 Å². The highest BCUT2D eigenvalue weighted by Gasteiger charge is 2.40. The molecule has 1 aliphatic rings. The van der Waals surface area contributed by atoms with Crippen molar-refractivity contribution in [3.63, 3.8) is 0 Å². The van der Waals surface area contributed by atoms with Crippen LogP contribution in [0.15, 0.2) is 35.4 Å². The van der Waals surface area contributed by atoms with Crippen molar-refractivity contribution in [1.29, 1.82) is 0 Å². The summed E-state index contributed by atoms with van der Waals surface area (Å²) in [5, 5.41) is 11.6. The molecule has 0 spiro atoms. The van der Waals surface area contributed by atoms with Crippen molar-refractivity contribution in [3.8, 4) is 11.6 Å². The Bertz CT molecular complexity index is 1070. The number of methoxy groups -OCH3 is 1. The zero-order chi connectivity index (χ0) is 21.3.